The normalized spacial score (nSPS) is 14.5. The number of carbonyl (C=O) groups is 4. The summed E-state index contributed by atoms with van der Waals surface area (Å²) in [5.74, 6) is -2.24. The van der Waals surface area contributed by atoms with Gasteiger partial charge in [-0.3, -0.25) is 37.3 Å². The summed E-state index contributed by atoms with van der Waals surface area (Å²) in [6.45, 7) is 4.58. The summed E-state index contributed by atoms with van der Waals surface area (Å²) in [5, 5.41) is 10.7. The average molecular weight is 1530 g/mol. The monoisotopic (exact) mass is 1530 g/mol. The van der Waals surface area contributed by atoms with E-state index in [2.05, 4.69) is 161 Å². The van der Waals surface area contributed by atoms with E-state index in [-0.39, 0.29) is 25.7 Å². The minimum atomic E-state index is -4.99. The number of esters is 4. The van der Waals surface area contributed by atoms with Gasteiger partial charge in [-0.1, -0.05) is 283 Å². The van der Waals surface area contributed by atoms with Crippen LogP contribution in [0.3, 0.4) is 0 Å². The molecule has 19 heteroatoms. The fourth-order valence-electron chi connectivity index (χ4n) is 10.8. The van der Waals surface area contributed by atoms with Crippen molar-refractivity contribution in [2.75, 3.05) is 39.6 Å². The van der Waals surface area contributed by atoms with E-state index >= 15 is 0 Å². The van der Waals surface area contributed by atoms with Crippen molar-refractivity contribution in [1.82, 2.24) is 0 Å². The van der Waals surface area contributed by atoms with E-state index in [0.29, 0.717) is 25.7 Å². The third-order valence-electron chi connectivity index (χ3n) is 17.1. The van der Waals surface area contributed by atoms with Gasteiger partial charge in [-0.05, 0) is 161 Å². The molecular formula is C87H148O17P2. The number of aliphatic hydroxyl groups is 1. The average Bonchev–Trinajstić information content (AvgIpc) is 0.933. The molecule has 0 aromatic heterocycles. The van der Waals surface area contributed by atoms with Crippen molar-refractivity contribution >= 4 is 39.5 Å². The number of phosphoric acid groups is 2. The number of hydrogen-bond donors (Lipinski definition) is 3. The Morgan fingerprint density at radius 1 is 0.274 bits per heavy atom. The number of hydrogen-bond acceptors (Lipinski definition) is 15. The summed E-state index contributed by atoms with van der Waals surface area (Å²) in [4.78, 5) is 73.1. The first-order chi connectivity index (χ1) is 51.7. The highest BCUT2D eigenvalue weighted by Crippen LogP contribution is 2.45. The van der Waals surface area contributed by atoms with E-state index in [0.717, 1.165) is 193 Å². The molecule has 0 aliphatic rings. The fourth-order valence-corrected chi connectivity index (χ4v) is 12.4. The Morgan fingerprint density at radius 2 is 0.491 bits per heavy atom. The molecule has 5 atom stereocenters. The van der Waals surface area contributed by atoms with Crippen LogP contribution in [0.1, 0.15) is 336 Å². The SMILES string of the molecule is CC/C=C\C/C=C\C/C=C\C/C=C\C/C=C\CCCCCC(=O)OCC(COP(=O)(O)OCC(O)COP(=O)(O)OCC(COC(=O)CCCCCCCC/C=C\C/C=C\C/C=C\C/C=C\CC)OC(=O)CCCCCCC/C=C\CCCCCC)OC(=O)CCCCCCC/C=C\CCCCCCCC. The molecule has 0 aromatic carbocycles. The van der Waals surface area contributed by atoms with E-state index in [9.17, 15) is 43.2 Å². The standard InChI is InChI=1S/C87H148O17P2/c1-5-9-13-17-21-25-29-33-36-38-40-42-45-48-51-55-59-63-67-71-84(89)97-77-82(103-86(91)73-69-65-61-57-53-47-32-28-24-20-16-12-8-4)79-101-105(93,94)99-75-81(88)76-100-106(95,96)102-80-83(104-87(92)74-70-66-62-58-54-50-44-35-31-27-23-19-15-11-7-3)78-98-85(90)72-68-64-60-56-52-49-46-43-41-39-37-34-30-26-22-18-14-10-6-2/h9-10,13-14,21-22,25-26,28,32-37,40-44,49,52,81-83,88H,5-8,11-12,15-20,23-24,27,29-31,38-39,45-48,50-51,53-80H2,1-4H3,(H,93,94)(H,95,96)/b13-9-,14-10-,25-21-,26-22-,32-28-,36-33-,37-34-,42-40-,43-41-,44-35-,52-49-. The molecule has 0 aliphatic carbocycles. The maximum Gasteiger partial charge on any atom is 0.472 e. The number of phosphoric ester groups is 2. The first-order valence-electron chi connectivity index (χ1n) is 41.4. The van der Waals surface area contributed by atoms with Crippen molar-refractivity contribution in [3.8, 4) is 0 Å². The zero-order valence-corrected chi connectivity index (χ0v) is 68.4. The Hall–Kier alpha value is -4.80. The first kappa shape index (κ1) is 101. The van der Waals surface area contributed by atoms with Crippen LogP contribution < -0.4 is 0 Å². The molecule has 0 radical (unpaired) electrons. The van der Waals surface area contributed by atoms with Crippen molar-refractivity contribution in [3.63, 3.8) is 0 Å². The summed E-state index contributed by atoms with van der Waals surface area (Å²) < 4.78 is 68.7. The highest BCUT2D eigenvalue weighted by atomic mass is 31.2. The van der Waals surface area contributed by atoms with Gasteiger partial charge < -0.3 is 33.8 Å². The van der Waals surface area contributed by atoms with Gasteiger partial charge >= 0.3 is 39.5 Å². The quantitative estimate of drug-likeness (QED) is 0.0169. The van der Waals surface area contributed by atoms with Gasteiger partial charge in [-0.25, -0.2) is 9.13 Å². The van der Waals surface area contributed by atoms with Gasteiger partial charge in [0.15, 0.2) is 12.2 Å². The second-order valence-corrected chi connectivity index (χ2v) is 30.2. The fraction of sp³-hybridized carbons (Fsp3) is 0.701. The predicted molar refractivity (Wildman–Crippen MR) is 436 cm³/mol. The molecule has 3 N–H and O–H groups in total. The van der Waals surface area contributed by atoms with Crippen LogP contribution in [0.4, 0.5) is 0 Å². The lowest BCUT2D eigenvalue weighted by Crippen LogP contribution is -2.30. The zero-order valence-electron chi connectivity index (χ0n) is 66.6. The van der Waals surface area contributed by atoms with Gasteiger partial charge in [-0.2, -0.15) is 0 Å². The molecule has 0 spiro atoms. The smallest absolute Gasteiger partial charge is 0.462 e. The van der Waals surface area contributed by atoms with E-state index in [1.807, 2.05) is 0 Å². The molecular weight excluding hydrogens is 1380 g/mol. The second-order valence-electron chi connectivity index (χ2n) is 27.3. The van der Waals surface area contributed by atoms with Gasteiger partial charge in [0, 0.05) is 25.7 Å². The van der Waals surface area contributed by atoms with Crippen LogP contribution in [0.25, 0.3) is 0 Å². The Labute approximate surface area is 644 Å². The van der Waals surface area contributed by atoms with E-state index < -0.39 is 97.5 Å². The van der Waals surface area contributed by atoms with Gasteiger partial charge in [-0.15, -0.1) is 0 Å². The first-order valence-corrected chi connectivity index (χ1v) is 44.4. The minimum absolute atomic E-state index is 0.0750. The third kappa shape index (κ3) is 77.4. The molecule has 0 aliphatic heterocycles. The molecule has 0 saturated carbocycles. The van der Waals surface area contributed by atoms with Gasteiger partial charge in [0.05, 0.1) is 26.4 Å². The molecule has 0 rings (SSSR count). The topological polar surface area (TPSA) is 237 Å². The highest BCUT2D eigenvalue weighted by molar-refractivity contribution is 7.47. The predicted octanol–water partition coefficient (Wildman–Crippen LogP) is 24.4. The van der Waals surface area contributed by atoms with Crippen LogP contribution in [0, 0.1) is 0 Å². The van der Waals surface area contributed by atoms with Crippen LogP contribution in [0.5, 0.6) is 0 Å². The number of unbranched alkanes of at least 4 members (excludes halogenated alkanes) is 29. The highest BCUT2D eigenvalue weighted by Gasteiger charge is 2.30. The van der Waals surface area contributed by atoms with Gasteiger partial charge in [0.2, 0.25) is 0 Å². The van der Waals surface area contributed by atoms with E-state index in [1.54, 1.807) is 0 Å². The maximum atomic E-state index is 13.1. The summed E-state index contributed by atoms with van der Waals surface area (Å²) >= 11 is 0. The molecule has 0 fully saturated rings. The van der Waals surface area contributed by atoms with E-state index in [1.165, 1.54) is 64.2 Å². The Bertz CT molecular complexity index is 2530. The zero-order chi connectivity index (χ0) is 77.4. The maximum absolute atomic E-state index is 13.1. The minimum Gasteiger partial charge on any atom is -0.462 e. The summed E-state index contributed by atoms with van der Waals surface area (Å²) in [6, 6.07) is 0. The molecule has 0 heterocycles. The van der Waals surface area contributed by atoms with Crippen LogP contribution >= 0.6 is 15.6 Å². The largest absolute Gasteiger partial charge is 0.472 e. The van der Waals surface area contributed by atoms with Gasteiger partial charge in [0.25, 0.3) is 0 Å². The van der Waals surface area contributed by atoms with Crippen molar-refractivity contribution in [1.29, 1.82) is 0 Å². The Morgan fingerprint density at radius 3 is 0.783 bits per heavy atom. The number of carbonyl (C=O) groups excluding carboxylic acids is 4. The summed E-state index contributed by atoms with van der Waals surface area (Å²) in [5.41, 5.74) is 0. The van der Waals surface area contributed by atoms with Crippen molar-refractivity contribution in [2.24, 2.45) is 0 Å². The van der Waals surface area contributed by atoms with Crippen molar-refractivity contribution in [2.45, 2.75) is 354 Å². The molecule has 0 amide bonds. The van der Waals surface area contributed by atoms with Crippen LogP contribution in [0.15, 0.2) is 134 Å². The molecule has 608 valence electrons. The van der Waals surface area contributed by atoms with Crippen LogP contribution in [-0.2, 0) is 65.4 Å². The van der Waals surface area contributed by atoms with Crippen LogP contribution in [0.2, 0.25) is 0 Å². The number of allylic oxidation sites excluding steroid dienone is 22. The summed E-state index contributed by atoms with van der Waals surface area (Å²) in [7, 11) is -9.98. The van der Waals surface area contributed by atoms with Crippen molar-refractivity contribution in [3.05, 3.63) is 134 Å². The van der Waals surface area contributed by atoms with Crippen LogP contribution in [-0.4, -0.2) is 96.7 Å². The molecule has 17 nitrogen and oxygen atoms in total. The lowest BCUT2D eigenvalue weighted by atomic mass is 10.1. The summed E-state index contributed by atoms with van der Waals surface area (Å²) in [6.07, 6.45) is 88.5. The molecule has 0 aromatic rings. The van der Waals surface area contributed by atoms with Crippen molar-refractivity contribution < 1.29 is 80.2 Å². The lowest BCUT2D eigenvalue weighted by molar-refractivity contribution is -0.161. The number of rotatable bonds is 77. The van der Waals surface area contributed by atoms with E-state index in [4.69, 9.17) is 37.0 Å². The molecule has 0 bridgehead atoms. The Balaban J connectivity index is 5.39. The Kier molecular flexibility index (Phi) is 74.8. The molecule has 5 unspecified atom stereocenters. The number of ether oxygens (including phenoxy) is 4. The third-order valence-corrected chi connectivity index (χ3v) is 19.0. The molecule has 0 saturated heterocycles. The number of aliphatic hydroxyl groups excluding tert-OH is 1. The molecule has 106 heavy (non-hydrogen) atoms. The lowest BCUT2D eigenvalue weighted by Gasteiger charge is -2.21. The van der Waals surface area contributed by atoms with Gasteiger partial charge in [0.1, 0.15) is 19.3 Å². The second kappa shape index (κ2) is 78.3.